The van der Waals surface area contributed by atoms with Crippen LogP contribution >= 0.6 is 0 Å². The van der Waals surface area contributed by atoms with Crippen LogP contribution in [0, 0.1) is 17.6 Å². The molecule has 1 aliphatic rings. The van der Waals surface area contributed by atoms with Crippen LogP contribution in [0.2, 0.25) is 0 Å². The molecule has 29 heavy (non-hydrogen) atoms. The van der Waals surface area contributed by atoms with Gasteiger partial charge in [-0.15, -0.1) is 0 Å². The number of likely N-dealkylation sites (tertiary alicyclic amines) is 1. The van der Waals surface area contributed by atoms with E-state index in [2.05, 4.69) is 0 Å². The van der Waals surface area contributed by atoms with Crippen LogP contribution in [0.3, 0.4) is 0 Å². The Morgan fingerprint density at radius 3 is 2.48 bits per heavy atom. The monoisotopic (exact) mass is 405 g/mol. The third-order valence-corrected chi connectivity index (χ3v) is 5.30. The number of ether oxygens (including phenoxy) is 2. The number of hydrogen-bond acceptors (Lipinski definition) is 4. The van der Waals surface area contributed by atoms with Crippen molar-refractivity contribution in [2.24, 2.45) is 5.92 Å². The molecule has 7 heteroatoms. The minimum Gasteiger partial charge on any atom is -0.493 e. The molecule has 1 saturated heterocycles. The minimum atomic E-state index is -0.808. The van der Waals surface area contributed by atoms with Crippen LogP contribution in [-0.4, -0.2) is 42.8 Å². The molecule has 0 amide bonds. The van der Waals surface area contributed by atoms with Crippen molar-refractivity contribution in [1.82, 2.24) is 4.90 Å². The van der Waals surface area contributed by atoms with Crippen LogP contribution in [0.25, 0.3) is 0 Å². The van der Waals surface area contributed by atoms with Crippen molar-refractivity contribution < 1.29 is 28.2 Å². The van der Waals surface area contributed by atoms with Gasteiger partial charge in [-0.25, -0.2) is 8.78 Å². The molecule has 3 rings (SSSR count). The quantitative estimate of drug-likeness (QED) is 0.746. The number of carbonyl (C=O) groups is 1. The highest BCUT2D eigenvalue weighted by atomic mass is 19.1. The molecule has 1 unspecified atom stereocenters. The summed E-state index contributed by atoms with van der Waals surface area (Å²) in [5, 5.41) is 9.27. The Labute approximate surface area is 168 Å². The van der Waals surface area contributed by atoms with Crippen molar-refractivity contribution in [2.75, 3.05) is 26.8 Å². The van der Waals surface area contributed by atoms with Gasteiger partial charge in [0, 0.05) is 11.6 Å². The molecule has 1 fully saturated rings. The number of rotatable bonds is 7. The summed E-state index contributed by atoms with van der Waals surface area (Å²) in [7, 11) is 1.54. The van der Waals surface area contributed by atoms with Crippen LogP contribution in [0.5, 0.6) is 11.5 Å². The molecular formula is C22H25F2NO4. The van der Waals surface area contributed by atoms with E-state index in [-0.39, 0.29) is 0 Å². The van der Waals surface area contributed by atoms with Gasteiger partial charge in [0.1, 0.15) is 11.6 Å². The van der Waals surface area contributed by atoms with Gasteiger partial charge >= 0.3 is 5.97 Å². The molecular weight excluding hydrogens is 380 g/mol. The maximum absolute atomic E-state index is 14.7. The predicted molar refractivity (Wildman–Crippen MR) is 104 cm³/mol. The first-order chi connectivity index (χ1) is 13.9. The van der Waals surface area contributed by atoms with Gasteiger partial charge in [0.25, 0.3) is 0 Å². The van der Waals surface area contributed by atoms with Gasteiger partial charge in [-0.1, -0.05) is 12.1 Å². The lowest BCUT2D eigenvalue weighted by molar-refractivity contribution is -0.143. The van der Waals surface area contributed by atoms with E-state index in [9.17, 15) is 18.7 Å². The van der Waals surface area contributed by atoms with E-state index in [0.717, 1.165) is 11.6 Å². The molecule has 1 aliphatic heterocycles. The van der Waals surface area contributed by atoms with Crippen molar-refractivity contribution in [1.29, 1.82) is 0 Å². The van der Waals surface area contributed by atoms with E-state index in [1.54, 1.807) is 12.1 Å². The van der Waals surface area contributed by atoms with Gasteiger partial charge in [0.2, 0.25) is 0 Å². The van der Waals surface area contributed by atoms with E-state index >= 15 is 0 Å². The molecule has 156 valence electrons. The number of aliphatic carboxylic acids is 1. The lowest BCUT2D eigenvalue weighted by Gasteiger charge is -2.37. The Bertz CT molecular complexity index is 866. The lowest BCUT2D eigenvalue weighted by atomic mass is 9.91. The van der Waals surface area contributed by atoms with Crippen LogP contribution in [0.1, 0.15) is 36.9 Å². The summed E-state index contributed by atoms with van der Waals surface area (Å²) < 4.78 is 39.2. The normalized spacial score (nSPS) is 16.4. The largest absolute Gasteiger partial charge is 0.493 e. The molecule has 0 saturated carbocycles. The topological polar surface area (TPSA) is 59.0 Å². The molecule has 0 spiro atoms. The number of methoxy groups -OCH3 is 1. The second-order valence-corrected chi connectivity index (χ2v) is 7.06. The molecule has 0 aliphatic carbocycles. The molecule has 2 aromatic carbocycles. The number of benzene rings is 2. The van der Waals surface area contributed by atoms with E-state index in [1.165, 1.54) is 19.2 Å². The zero-order valence-corrected chi connectivity index (χ0v) is 16.5. The maximum Gasteiger partial charge on any atom is 0.306 e. The van der Waals surface area contributed by atoms with E-state index in [0.29, 0.717) is 49.6 Å². The van der Waals surface area contributed by atoms with E-state index < -0.39 is 29.6 Å². The van der Waals surface area contributed by atoms with Crippen LogP contribution in [0.15, 0.2) is 36.4 Å². The van der Waals surface area contributed by atoms with Gasteiger partial charge in [0.05, 0.1) is 25.7 Å². The fraction of sp³-hybridized carbons (Fsp3) is 0.409. The summed E-state index contributed by atoms with van der Waals surface area (Å²) in [6.07, 6.45) is 0.950. The zero-order valence-electron chi connectivity index (χ0n) is 16.5. The fourth-order valence-electron chi connectivity index (χ4n) is 3.84. The highest BCUT2D eigenvalue weighted by Crippen LogP contribution is 2.38. The van der Waals surface area contributed by atoms with Gasteiger partial charge in [0.15, 0.2) is 11.5 Å². The van der Waals surface area contributed by atoms with E-state index in [1.807, 2.05) is 17.9 Å². The third kappa shape index (κ3) is 4.67. The molecule has 2 aromatic rings. The third-order valence-electron chi connectivity index (χ3n) is 5.30. The summed E-state index contributed by atoms with van der Waals surface area (Å²) >= 11 is 0. The zero-order chi connectivity index (χ0) is 21.0. The Balaban J connectivity index is 2.00. The number of carboxylic acid groups (broad SMARTS) is 1. The van der Waals surface area contributed by atoms with Gasteiger partial charge in [-0.3, -0.25) is 9.69 Å². The molecule has 1 N–H and O–H groups in total. The average molecular weight is 405 g/mol. The Hall–Kier alpha value is -2.67. The van der Waals surface area contributed by atoms with Gasteiger partial charge in [-0.05, 0) is 56.6 Å². The Morgan fingerprint density at radius 1 is 1.17 bits per heavy atom. The van der Waals surface area contributed by atoms with E-state index in [4.69, 9.17) is 9.47 Å². The first-order valence-corrected chi connectivity index (χ1v) is 9.67. The standard InChI is InChI=1S/C22H25F2NO4/c1-3-29-19-7-4-15(12-20(19)28-2)21(17-6-5-16(23)13-18(17)24)25-10-8-14(9-11-25)22(26)27/h4-7,12-14,21H,3,8-11H2,1-2H3,(H,26,27). The van der Waals surface area contributed by atoms with Crippen LogP contribution in [-0.2, 0) is 4.79 Å². The number of nitrogens with zero attached hydrogens (tertiary/aromatic N) is 1. The average Bonchev–Trinajstić information content (AvgIpc) is 2.71. The van der Waals surface area contributed by atoms with Crippen molar-refractivity contribution in [3.05, 3.63) is 59.2 Å². The summed E-state index contributed by atoms with van der Waals surface area (Å²) in [5.74, 6) is -1.38. The second kappa shape index (κ2) is 9.22. The first-order valence-electron chi connectivity index (χ1n) is 9.67. The number of piperidine rings is 1. The summed E-state index contributed by atoms with van der Waals surface area (Å²) in [4.78, 5) is 13.3. The minimum absolute atomic E-state index is 0.339. The molecule has 0 aromatic heterocycles. The van der Waals surface area contributed by atoms with Crippen molar-refractivity contribution in [2.45, 2.75) is 25.8 Å². The predicted octanol–water partition coefficient (Wildman–Crippen LogP) is 4.26. The number of carboxylic acids is 1. The second-order valence-electron chi connectivity index (χ2n) is 7.06. The van der Waals surface area contributed by atoms with Crippen molar-refractivity contribution in [3.8, 4) is 11.5 Å². The molecule has 1 heterocycles. The van der Waals surface area contributed by atoms with Gasteiger partial charge in [-0.2, -0.15) is 0 Å². The van der Waals surface area contributed by atoms with Crippen LogP contribution < -0.4 is 9.47 Å². The lowest BCUT2D eigenvalue weighted by Crippen LogP contribution is -2.39. The fourth-order valence-corrected chi connectivity index (χ4v) is 3.84. The Morgan fingerprint density at radius 2 is 1.90 bits per heavy atom. The SMILES string of the molecule is CCOc1ccc(C(c2ccc(F)cc2F)N2CCC(C(=O)O)CC2)cc1OC. The maximum atomic E-state index is 14.7. The van der Waals surface area contributed by atoms with Crippen LogP contribution in [0.4, 0.5) is 8.78 Å². The Kier molecular flexibility index (Phi) is 6.69. The number of hydrogen-bond donors (Lipinski definition) is 1. The molecule has 5 nitrogen and oxygen atoms in total. The number of halogens is 2. The van der Waals surface area contributed by atoms with Gasteiger partial charge < -0.3 is 14.6 Å². The smallest absolute Gasteiger partial charge is 0.306 e. The summed E-state index contributed by atoms with van der Waals surface area (Å²) in [6, 6.07) is 8.47. The van der Waals surface area contributed by atoms with Crippen molar-refractivity contribution >= 4 is 5.97 Å². The molecule has 0 radical (unpaired) electrons. The molecule has 0 bridgehead atoms. The highest BCUT2D eigenvalue weighted by molar-refractivity contribution is 5.70. The summed E-state index contributed by atoms with van der Waals surface area (Å²) in [5.41, 5.74) is 1.11. The molecule has 1 atom stereocenters. The first kappa shape index (κ1) is 21.0. The summed E-state index contributed by atoms with van der Waals surface area (Å²) in [6.45, 7) is 3.34. The highest BCUT2D eigenvalue weighted by Gasteiger charge is 2.32. The van der Waals surface area contributed by atoms with Crippen molar-refractivity contribution in [3.63, 3.8) is 0 Å².